The number of halogens is 2. The van der Waals surface area contributed by atoms with Crippen LogP contribution < -0.4 is 0 Å². The van der Waals surface area contributed by atoms with E-state index < -0.39 is 5.82 Å². The molecule has 0 bridgehead atoms. The largest absolute Gasteiger partial charge is 0.392 e. The molecule has 0 aromatic heterocycles. The van der Waals surface area contributed by atoms with Gasteiger partial charge in [-0.3, -0.25) is 9.69 Å². The minimum Gasteiger partial charge on any atom is -0.392 e. The maximum Gasteiger partial charge on any atom is 0.236 e. The molecule has 1 aliphatic rings. The number of aliphatic hydroxyl groups excluding tert-OH is 1. The molecule has 1 heterocycles. The van der Waals surface area contributed by atoms with Crippen molar-refractivity contribution in [2.24, 2.45) is 0 Å². The molecule has 1 aromatic carbocycles. The second-order valence-electron chi connectivity index (χ2n) is 5.13. The Morgan fingerprint density at radius 3 is 2.95 bits per heavy atom. The Morgan fingerprint density at radius 1 is 1.60 bits per heavy atom. The van der Waals surface area contributed by atoms with E-state index in [1.807, 2.05) is 4.90 Å². The van der Waals surface area contributed by atoms with Crippen molar-refractivity contribution >= 4 is 17.5 Å². The number of likely N-dealkylation sites (N-methyl/N-ethyl adjacent to an activating group) is 1. The first-order valence-electron chi connectivity index (χ1n) is 6.54. The Morgan fingerprint density at radius 2 is 2.35 bits per heavy atom. The Hall–Kier alpha value is -1.17. The van der Waals surface area contributed by atoms with E-state index in [1.54, 1.807) is 13.1 Å². The lowest BCUT2D eigenvalue weighted by Crippen LogP contribution is -2.37. The number of carbonyl (C=O) groups is 1. The maximum atomic E-state index is 13.7. The van der Waals surface area contributed by atoms with Crippen molar-refractivity contribution in [2.45, 2.75) is 19.1 Å². The number of hydrogen-bond donors (Lipinski definition) is 1. The fourth-order valence-electron chi connectivity index (χ4n) is 2.28. The smallest absolute Gasteiger partial charge is 0.236 e. The van der Waals surface area contributed by atoms with E-state index in [4.69, 9.17) is 11.6 Å². The van der Waals surface area contributed by atoms with Crippen LogP contribution in [-0.4, -0.2) is 53.6 Å². The highest BCUT2D eigenvalue weighted by molar-refractivity contribution is 6.31. The third-order valence-electron chi connectivity index (χ3n) is 3.49. The molecule has 1 aromatic rings. The average molecular weight is 301 g/mol. The fraction of sp³-hybridized carbons (Fsp3) is 0.500. The molecule has 1 amide bonds. The van der Waals surface area contributed by atoms with Gasteiger partial charge in [0.05, 0.1) is 12.6 Å². The molecule has 0 unspecified atom stereocenters. The van der Waals surface area contributed by atoms with Crippen molar-refractivity contribution in [3.05, 3.63) is 34.6 Å². The number of rotatable bonds is 4. The summed E-state index contributed by atoms with van der Waals surface area (Å²) in [5.41, 5.74) is 0.325. The van der Waals surface area contributed by atoms with Crippen molar-refractivity contribution in [2.75, 3.05) is 26.7 Å². The molecule has 6 heteroatoms. The third-order valence-corrected chi connectivity index (χ3v) is 3.84. The van der Waals surface area contributed by atoms with E-state index in [2.05, 4.69) is 0 Å². The summed E-state index contributed by atoms with van der Waals surface area (Å²) in [6.07, 6.45) is 0.338. The van der Waals surface area contributed by atoms with E-state index in [0.717, 1.165) is 0 Å². The number of nitrogens with zero attached hydrogens (tertiary/aromatic N) is 2. The number of aliphatic hydroxyl groups is 1. The summed E-state index contributed by atoms with van der Waals surface area (Å²) in [7, 11) is 1.62. The molecule has 0 spiro atoms. The van der Waals surface area contributed by atoms with Crippen LogP contribution >= 0.6 is 11.6 Å². The molecule has 1 atom stereocenters. The Bertz CT molecular complexity index is 478. The summed E-state index contributed by atoms with van der Waals surface area (Å²) in [6, 6.07) is 4.47. The molecule has 0 aliphatic carbocycles. The van der Waals surface area contributed by atoms with Crippen molar-refractivity contribution in [3.63, 3.8) is 0 Å². The van der Waals surface area contributed by atoms with Crippen LogP contribution in [0.5, 0.6) is 0 Å². The van der Waals surface area contributed by atoms with Crippen molar-refractivity contribution in [1.82, 2.24) is 9.80 Å². The van der Waals surface area contributed by atoms with E-state index in [9.17, 15) is 14.3 Å². The standard InChI is InChI=1S/C14H18ClFN2O2/c1-17(8-11-12(15)3-2-4-13(11)16)14(20)9-18-6-5-10(19)7-18/h2-4,10,19H,5-9H2,1H3/t10-/m1/s1. The van der Waals surface area contributed by atoms with Gasteiger partial charge in [0.1, 0.15) is 5.82 Å². The first-order valence-corrected chi connectivity index (χ1v) is 6.92. The van der Waals surface area contributed by atoms with E-state index >= 15 is 0 Å². The highest BCUT2D eigenvalue weighted by Gasteiger charge is 2.23. The van der Waals surface area contributed by atoms with Gasteiger partial charge in [-0.1, -0.05) is 17.7 Å². The molecule has 1 aliphatic heterocycles. The van der Waals surface area contributed by atoms with Crippen LogP contribution in [0.15, 0.2) is 18.2 Å². The van der Waals surface area contributed by atoms with Crippen LogP contribution in [-0.2, 0) is 11.3 Å². The summed E-state index contributed by atoms with van der Waals surface area (Å²) in [6.45, 7) is 1.60. The zero-order valence-corrected chi connectivity index (χ0v) is 12.1. The molecule has 20 heavy (non-hydrogen) atoms. The van der Waals surface area contributed by atoms with Gasteiger partial charge in [0.2, 0.25) is 5.91 Å². The summed E-state index contributed by atoms with van der Waals surface area (Å²) in [5.74, 6) is -0.521. The molecule has 110 valence electrons. The molecule has 2 rings (SSSR count). The van der Waals surface area contributed by atoms with Crippen molar-refractivity contribution in [1.29, 1.82) is 0 Å². The zero-order valence-electron chi connectivity index (χ0n) is 11.4. The Labute approximate surface area is 122 Å². The minimum absolute atomic E-state index is 0.113. The SMILES string of the molecule is CN(Cc1c(F)cccc1Cl)C(=O)CN1CC[C@@H](O)C1. The van der Waals surface area contributed by atoms with E-state index in [-0.39, 0.29) is 25.1 Å². The zero-order chi connectivity index (χ0) is 14.7. The highest BCUT2D eigenvalue weighted by atomic mass is 35.5. The van der Waals surface area contributed by atoms with Crippen LogP contribution in [0, 0.1) is 5.82 Å². The minimum atomic E-state index is -0.409. The lowest BCUT2D eigenvalue weighted by atomic mass is 10.2. The molecule has 1 saturated heterocycles. The third kappa shape index (κ3) is 3.69. The van der Waals surface area contributed by atoms with Crippen molar-refractivity contribution < 1.29 is 14.3 Å². The maximum absolute atomic E-state index is 13.7. The molecule has 1 N–H and O–H groups in total. The fourth-order valence-corrected chi connectivity index (χ4v) is 2.50. The molecular weight excluding hydrogens is 283 g/mol. The van der Waals surface area contributed by atoms with E-state index in [1.165, 1.54) is 17.0 Å². The molecule has 0 saturated carbocycles. The summed E-state index contributed by atoms with van der Waals surface area (Å²) in [4.78, 5) is 15.4. The van der Waals surface area contributed by atoms with Crippen LogP contribution in [0.3, 0.4) is 0 Å². The predicted octanol–water partition coefficient (Wildman–Crippen LogP) is 1.50. The van der Waals surface area contributed by atoms with Gasteiger partial charge in [0.15, 0.2) is 0 Å². The summed E-state index contributed by atoms with van der Waals surface area (Å²) >= 11 is 5.95. The number of carbonyl (C=O) groups excluding carboxylic acids is 1. The number of benzene rings is 1. The highest BCUT2D eigenvalue weighted by Crippen LogP contribution is 2.20. The van der Waals surface area contributed by atoms with Gasteiger partial charge < -0.3 is 10.0 Å². The van der Waals surface area contributed by atoms with Crippen LogP contribution in [0.2, 0.25) is 5.02 Å². The van der Waals surface area contributed by atoms with Crippen LogP contribution in [0.1, 0.15) is 12.0 Å². The van der Waals surface area contributed by atoms with Gasteiger partial charge in [-0.25, -0.2) is 4.39 Å². The first-order chi connectivity index (χ1) is 9.47. The number of amides is 1. The average Bonchev–Trinajstić information content (AvgIpc) is 2.79. The van der Waals surface area contributed by atoms with Gasteiger partial charge in [0.25, 0.3) is 0 Å². The summed E-state index contributed by atoms with van der Waals surface area (Å²) in [5, 5.41) is 9.75. The van der Waals surface area contributed by atoms with E-state index in [0.29, 0.717) is 30.1 Å². The first kappa shape index (κ1) is 15.2. The lowest BCUT2D eigenvalue weighted by Gasteiger charge is -2.22. The Kier molecular flexibility index (Phi) is 4.96. The molecular formula is C14H18ClFN2O2. The van der Waals surface area contributed by atoms with Gasteiger partial charge in [-0.15, -0.1) is 0 Å². The predicted molar refractivity (Wildman–Crippen MR) is 74.9 cm³/mol. The Balaban J connectivity index is 1.94. The summed E-state index contributed by atoms with van der Waals surface area (Å²) < 4.78 is 13.7. The molecule has 1 fully saturated rings. The topological polar surface area (TPSA) is 43.8 Å². The monoisotopic (exact) mass is 300 g/mol. The number of hydrogen-bond acceptors (Lipinski definition) is 3. The molecule has 0 radical (unpaired) electrons. The second-order valence-corrected chi connectivity index (χ2v) is 5.53. The van der Waals surface area contributed by atoms with Gasteiger partial charge >= 0.3 is 0 Å². The molecule has 4 nitrogen and oxygen atoms in total. The quantitative estimate of drug-likeness (QED) is 0.916. The normalized spacial score (nSPS) is 19.3. The number of likely N-dealkylation sites (tertiary alicyclic amines) is 1. The lowest BCUT2D eigenvalue weighted by molar-refractivity contribution is -0.131. The van der Waals surface area contributed by atoms with Gasteiger partial charge in [-0.2, -0.15) is 0 Å². The van der Waals surface area contributed by atoms with Crippen molar-refractivity contribution in [3.8, 4) is 0 Å². The number of β-amino-alcohol motifs (C(OH)–C–C–N with tert-alkyl or cyclic N) is 1. The van der Waals surface area contributed by atoms with Gasteiger partial charge in [0, 0.05) is 37.3 Å². The van der Waals surface area contributed by atoms with Crippen LogP contribution in [0.4, 0.5) is 4.39 Å². The van der Waals surface area contributed by atoms with Gasteiger partial charge in [-0.05, 0) is 18.6 Å². The van der Waals surface area contributed by atoms with Crippen LogP contribution in [0.25, 0.3) is 0 Å². The second kappa shape index (κ2) is 6.52.